The summed E-state index contributed by atoms with van der Waals surface area (Å²) in [7, 11) is -0.715. The Hall–Kier alpha value is 0.125. The Balaban J connectivity index is 1.79. The maximum atomic E-state index is 6.06. The van der Waals surface area contributed by atoms with Gasteiger partial charge in [0, 0.05) is 0 Å². The second kappa shape index (κ2) is 9.36. The molecule has 10 heteroatoms. The van der Waals surface area contributed by atoms with Gasteiger partial charge in [0.2, 0.25) is 0 Å². The lowest BCUT2D eigenvalue weighted by atomic mass is 9.54. The van der Waals surface area contributed by atoms with Gasteiger partial charge in [-0.3, -0.25) is 0 Å². The summed E-state index contributed by atoms with van der Waals surface area (Å²) in [5, 5.41) is 0. The number of rotatable bonds is 8. The summed E-state index contributed by atoms with van der Waals surface area (Å²) in [5.41, 5.74) is 0. The smallest absolute Gasteiger partial charge is 0.432 e. The maximum Gasteiger partial charge on any atom is 0.432 e. The highest BCUT2D eigenvalue weighted by molar-refractivity contribution is 6.75. The van der Waals surface area contributed by atoms with Crippen molar-refractivity contribution in [1.29, 1.82) is 0 Å². The molecule has 2 unspecified atom stereocenters. The monoisotopic (exact) mass is 348 g/mol. The van der Waals surface area contributed by atoms with Crippen LogP contribution in [0.3, 0.4) is 0 Å². The summed E-state index contributed by atoms with van der Waals surface area (Å²) in [6.07, 6.45) is 2.04. The lowest BCUT2D eigenvalue weighted by Crippen LogP contribution is -2.53. The van der Waals surface area contributed by atoms with Gasteiger partial charge in [-0.2, -0.15) is 0 Å². The van der Waals surface area contributed by atoms with Crippen molar-refractivity contribution in [2.75, 3.05) is 0 Å². The predicted molar refractivity (Wildman–Crippen MR) is 108 cm³/mol. The minimum atomic E-state index is -0.215. The Kier molecular flexibility index (Phi) is 8.02. The van der Waals surface area contributed by atoms with E-state index in [0.29, 0.717) is 29.1 Å². The molecular weight excluding hydrogens is 314 g/mol. The molecule has 2 aliphatic rings. The quantitative estimate of drug-likeness (QED) is 0.612. The van der Waals surface area contributed by atoms with Crippen molar-refractivity contribution in [3.63, 3.8) is 0 Å². The molecular formula is C15H33B5O5. The van der Waals surface area contributed by atoms with Crippen LogP contribution >= 0.6 is 0 Å². The van der Waals surface area contributed by atoms with Crippen LogP contribution in [0.1, 0.15) is 68.2 Å². The molecule has 2 atom stereocenters. The van der Waals surface area contributed by atoms with Crippen LogP contribution in [0.15, 0.2) is 0 Å². The minimum absolute atomic E-state index is 0.0365. The average molecular weight is 347 g/mol. The van der Waals surface area contributed by atoms with E-state index in [1.165, 1.54) is 0 Å². The summed E-state index contributed by atoms with van der Waals surface area (Å²) in [5.74, 6) is 1.70. The molecule has 0 spiro atoms. The van der Waals surface area contributed by atoms with E-state index in [0.717, 1.165) is 12.8 Å². The van der Waals surface area contributed by atoms with E-state index < -0.39 is 0 Å². The second-order valence-electron chi connectivity index (χ2n) is 8.79. The number of hydrogen-bond donors (Lipinski definition) is 0. The fourth-order valence-corrected chi connectivity index (χ4v) is 3.04. The Morgan fingerprint density at radius 2 is 0.680 bits per heavy atom. The van der Waals surface area contributed by atoms with Crippen molar-refractivity contribution < 1.29 is 22.9 Å². The molecule has 0 aromatic rings. The summed E-state index contributed by atoms with van der Waals surface area (Å²) < 4.78 is 29.7. The van der Waals surface area contributed by atoms with Crippen molar-refractivity contribution >= 4 is 35.6 Å². The highest BCUT2D eigenvalue weighted by Crippen LogP contribution is 2.34. The van der Waals surface area contributed by atoms with Crippen molar-refractivity contribution in [3.8, 4) is 0 Å². The van der Waals surface area contributed by atoms with Crippen LogP contribution in [0.25, 0.3) is 0 Å². The van der Waals surface area contributed by atoms with Gasteiger partial charge in [-0.1, -0.05) is 68.2 Å². The standard InChI is InChI=1S/C15H33B5O5/c1-11(2)16-21-17(12(3)4)23-19(22-16)14(7)9-10-15(8)20-24-18(25-20)13(5)6/h11-15H,9-10H2,1-8H3. The molecule has 2 aliphatic heterocycles. The van der Waals surface area contributed by atoms with Gasteiger partial charge in [0.1, 0.15) is 0 Å². The van der Waals surface area contributed by atoms with E-state index in [-0.39, 0.29) is 35.6 Å². The fourth-order valence-electron chi connectivity index (χ4n) is 3.04. The van der Waals surface area contributed by atoms with Crippen molar-refractivity contribution in [1.82, 2.24) is 0 Å². The highest BCUT2D eigenvalue weighted by atomic mass is 16.7. The molecule has 138 valence electrons. The van der Waals surface area contributed by atoms with Crippen LogP contribution < -0.4 is 0 Å². The van der Waals surface area contributed by atoms with E-state index >= 15 is 0 Å². The zero-order valence-electron chi connectivity index (χ0n) is 17.2. The lowest BCUT2D eigenvalue weighted by molar-refractivity contribution is 0.249. The molecule has 2 saturated heterocycles. The molecule has 25 heavy (non-hydrogen) atoms. The van der Waals surface area contributed by atoms with Gasteiger partial charge >= 0.3 is 35.6 Å². The van der Waals surface area contributed by atoms with E-state index in [1.54, 1.807) is 0 Å². The maximum absolute atomic E-state index is 6.06. The van der Waals surface area contributed by atoms with Crippen molar-refractivity contribution in [2.24, 2.45) is 0 Å². The molecule has 0 radical (unpaired) electrons. The van der Waals surface area contributed by atoms with Crippen LogP contribution in [0.2, 0.25) is 29.1 Å². The first-order chi connectivity index (χ1) is 11.7. The van der Waals surface area contributed by atoms with Crippen LogP contribution in [0, 0.1) is 0 Å². The molecule has 0 N–H and O–H groups in total. The lowest BCUT2D eigenvalue weighted by Gasteiger charge is -2.38. The molecule has 5 nitrogen and oxygen atoms in total. The summed E-state index contributed by atoms with van der Waals surface area (Å²) in [6, 6.07) is 0. The van der Waals surface area contributed by atoms with E-state index in [9.17, 15) is 0 Å². The van der Waals surface area contributed by atoms with Gasteiger partial charge in [-0.15, -0.1) is 0 Å². The van der Waals surface area contributed by atoms with Gasteiger partial charge in [0.25, 0.3) is 0 Å². The first-order valence-electron chi connectivity index (χ1n) is 9.96. The van der Waals surface area contributed by atoms with Gasteiger partial charge in [0.05, 0.1) is 0 Å². The predicted octanol–water partition coefficient (Wildman–Crippen LogP) is 4.33. The van der Waals surface area contributed by atoms with E-state index in [2.05, 4.69) is 55.4 Å². The minimum Gasteiger partial charge on any atom is -0.452 e. The number of hydrogen-bond acceptors (Lipinski definition) is 5. The Labute approximate surface area is 156 Å². The van der Waals surface area contributed by atoms with Crippen molar-refractivity contribution in [2.45, 2.75) is 97.3 Å². The topological polar surface area (TPSA) is 46.2 Å². The van der Waals surface area contributed by atoms with Crippen LogP contribution in [0.4, 0.5) is 0 Å². The fraction of sp³-hybridized carbons (Fsp3) is 1.00. The zero-order chi connectivity index (χ0) is 18.7. The third kappa shape index (κ3) is 5.80. The Morgan fingerprint density at radius 1 is 0.440 bits per heavy atom. The Bertz CT molecular complexity index is 392. The normalized spacial score (nSPS) is 21.5. The van der Waals surface area contributed by atoms with Crippen molar-refractivity contribution in [3.05, 3.63) is 0 Å². The molecule has 2 fully saturated rings. The van der Waals surface area contributed by atoms with E-state index in [1.807, 2.05) is 0 Å². The molecule has 0 amide bonds. The van der Waals surface area contributed by atoms with Gasteiger partial charge in [-0.05, 0) is 29.1 Å². The van der Waals surface area contributed by atoms with Gasteiger partial charge < -0.3 is 22.9 Å². The summed E-state index contributed by atoms with van der Waals surface area (Å²) in [4.78, 5) is 0. The molecule has 0 bridgehead atoms. The molecule has 2 rings (SSSR count). The SMILES string of the molecule is CC(C)B1OB(C(C)C)OB(C(C)CCC(C)B2OB(C(C)C)O2)O1. The largest absolute Gasteiger partial charge is 0.452 e. The molecule has 0 aliphatic carbocycles. The zero-order valence-corrected chi connectivity index (χ0v) is 17.2. The molecule has 0 saturated carbocycles. The van der Waals surface area contributed by atoms with E-state index in [4.69, 9.17) is 22.9 Å². The third-order valence-electron chi connectivity index (χ3n) is 4.98. The molecule has 0 aromatic heterocycles. The highest BCUT2D eigenvalue weighted by Gasteiger charge is 2.47. The summed E-state index contributed by atoms with van der Waals surface area (Å²) >= 11 is 0. The first kappa shape index (κ1) is 21.4. The summed E-state index contributed by atoms with van der Waals surface area (Å²) in [6.45, 7) is 17.1. The van der Waals surface area contributed by atoms with Crippen LogP contribution in [0.5, 0.6) is 0 Å². The third-order valence-corrected chi connectivity index (χ3v) is 4.98. The van der Waals surface area contributed by atoms with Crippen LogP contribution in [-0.2, 0) is 22.9 Å². The van der Waals surface area contributed by atoms with Gasteiger partial charge in [0.15, 0.2) is 0 Å². The Morgan fingerprint density at radius 3 is 0.920 bits per heavy atom. The first-order valence-corrected chi connectivity index (χ1v) is 9.96. The molecule has 0 aromatic carbocycles. The average Bonchev–Trinajstić information content (AvgIpc) is 2.50. The second-order valence-corrected chi connectivity index (χ2v) is 8.79. The van der Waals surface area contributed by atoms with Gasteiger partial charge in [-0.25, -0.2) is 0 Å². The van der Waals surface area contributed by atoms with Crippen LogP contribution in [-0.4, -0.2) is 35.6 Å². The molecule has 2 heterocycles.